The Morgan fingerprint density at radius 2 is 2.11 bits per heavy atom. The van der Waals surface area contributed by atoms with Gasteiger partial charge in [0.25, 0.3) is 0 Å². The highest BCUT2D eigenvalue weighted by molar-refractivity contribution is 9.09. The van der Waals surface area contributed by atoms with Crippen LogP contribution in [-0.4, -0.2) is 68.1 Å². The number of piperidine rings is 1. The van der Waals surface area contributed by atoms with Crippen LogP contribution in [0.5, 0.6) is 0 Å². The molecule has 18 heavy (non-hydrogen) atoms. The molecule has 2 saturated heterocycles. The van der Waals surface area contributed by atoms with Gasteiger partial charge in [0.15, 0.2) is 0 Å². The van der Waals surface area contributed by atoms with Gasteiger partial charge in [-0.2, -0.15) is 0 Å². The van der Waals surface area contributed by atoms with Crippen molar-refractivity contribution in [2.45, 2.75) is 31.7 Å². The maximum absolute atomic E-state index is 5.52. The number of likely N-dealkylation sites (tertiary alicyclic amines) is 1. The van der Waals surface area contributed by atoms with E-state index in [9.17, 15) is 0 Å². The van der Waals surface area contributed by atoms with E-state index in [-0.39, 0.29) is 0 Å². The van der Waals surface area contributed by atoms with Gasteiger partial charge in [-0.3, -0.25) is 0 Å². The smallest absolute Gasteiger partial charge is 0.0472 e. The number of alkyl halides is 1. The zero-order valence-electron chi connectivity index (χ0n) is 11.8. The van der Waals surface area contributed by atoms with Crippen LogP contribution >= 0.6 is 15.9 Å². The van der Waals surface area contributed by atoms with Crippen molar-refractivity contribution >= 4 is 15.9 Å². The Hall–Kier alpha value is 0.360. The van der Waals surface area contributed by atoms with Crippen LogP contribution in [0.25, 0.3) is 0 Å². The monoisotopic (exact) mass is 318 g/mol. The topological polar surface area (TPSA) is 15.7 Å². The molecule has 106 valence electrons. The standard InChI is InChI=1S/C14H27BrN2O/c1-16-7-3-4-13(10-16)17(2)12-14(11-15)5-8-18-9-6-14/h13H,3-12H2,1-2H3. The summed E-state index contributed by atoms with van der Waals surface area (Å²) in [5.41, 5.74) is 0.434. The zero-order valence-corrected chi connectivity index (χ0v) is 13.4. The van der Waals surface area contributed by atoms with Crippen molar-refractivity contribution in [1.29, 1.82) is 0 Å². The van der Waals surface area contributed by atoms with Gasteiger partial charge in [0.2, 0.25) is 0 Å². The van der Waals surface area contributed by atoms with Gasteiger partial charge < -0.3 is 14.5 Å². The minimum Gasteiger partial charge on any atom is -0.381 e. The Morgan fingerprint density at radius 1 is 1.39 bits per heavy atom. The molecule has 2 rings (SSSR count). The van der Waals surface area contributed by atoms with E-state index in [1.807, 2.05) is 0 Å². The summed E-state index contributed by atoms with van der Waals surface area (Å²) in [6.45, 7) is 5.57. The second-order valence-electron chi connectivity index (χ2n) is 6.22. The number of likely N-dealkylation sites (N-methyl/N-ethyl adjacent to an activating group) is 2. The average molecular weight is 319 g/mol. The molecule has 2 fully saturated rings. The second kappa shape index (κ2) is 6.69. The number of hydrogen-bond donors (Lipinski definition) is 0. The van der Waals surface area contributed by atoms with Crippen molar-refractivity contribution in [2.75, 3.05) is 52.3 Å². The molecular weight excluding hydrogens is 292 g/mol. The van der Waals surface area contributed by atoms with E-state index >= 15 is 0 Å². The van der Waals surface area contributed by atoms with Crippen molar-refractivity contribution in [3.63, 3.8) is 0 Å². The van der Waals surface area contributed by atoms with Crippen LogP contribution in [0.3, 0.4) is 0 Å². The van der Waals surface area contributed by atoms with Gasteiger partial charge in [0, 0.05) is 37.7 Å². The summed E-state index contributed by atoms with van der Waals surface area (Å²) in [4.78, 5) is 5.07. The SMILES string of the molecule is CN1CCCC(N(C)CC2(CBr)CCOCC2)C1. The molecule has 0 spiro atoms. The highest BCUT2D eigenvalue weighted by atomic mass is 79.9. The summed E-state index contributed by atoms with van der Waals surface area (Å²) < 4.78 is 5.52. The molecular formula is C14H27BrN2O. The van der Waals surface area contributed by atoms with E-state index in [0.717, 1.165) is 24.6 Å². The molecule has 2 aliphatic heterocycles. The molecule has 0 bridgehead atoms. The molecule has 0 N–H and O–H groups in total. The fourth-order valence-corrected chi connectivity index (χ4v) is 4.03. The lowest BCUT2D eigenvalue weighted by molar-refractivity contribution is -0.0000224. The predicted octanol–water partition coefficient (Wildman–Crippen LogP) is 2.20. The zero-order chi connectivity index (χ0) is 13.0. The summed E-state index contributed by atoms with van der Waals surface area (Å²) in [7, 11) is 4.55. The number of rotatable bonds is 4. The first kappa shape index (κ1) is 14.8. The summed E-state index contributed by atoms with van der Waals surface area (Å²) in [6.07, 6.45) is 5.10. The Balaban J connectivity index is 1.89. The summed E-state index contributed by atoms with van der Waals surface area (Å²) in [5.74, 6) is 0. The fraction of sp³-hybridized carbons (Fsp3) is 1.00. The average Bonchev–Trinajstić information content (AvgIpc) is 2.40. The summed E-state index contributed by atoms with van der Waals surface area (Å²) in [5, 5.41) is 1.11. The third-order valence-electron chi connectivity index (χ3n) is 4.64. The van der Waals surface area contributed by atoms with E-state index in [2.05, 4.69) is 39.8 Å². The van der Waals surface area contributed by atoms with E-state index in [0.29, 0.717) is 5.41 Å². The van der Waals surface area contributed by atoms with Gasteiger partial charge in [-0.25, -0.2) is 0 Å². The normalized spacial score (nSPS) is 29.7. The maximum atomic E-state index is 5.52. The molecule has 0 saturated carbocycles. The molecule has 0 aromatic carbocycles. The number of halogens is 1. The Morgan fingerprint density at radius 3 is 2.72 bits per heavy atom. The van der Waals surface area contributed by atoms with Gasteiger partial charge in [0.05, 0.1) is 0 Å². The number of nitrogens with zero attached hydrogens (tertiary/aromatic N) is 2. The van der Waals surface area contributed by atoms with Crippen molar-refractivity contribution in [3.05, 3.63) is 0 Å². The Kier molecular flexibility index (Phi) is 5.48. The van der Waals surface area contributed by atoms with E-state index in [1.54, 1.807) is 0 Å². The molecule has 0 radical (unpaired) electrons. The third kappa shape index (κ3) is 3.69. The van der Waals surface area contributed by atoms with Crippen LogP contribution in [0, 0.1) is 5.41 Å². The van der Waals surface area contributed by atoms with E-state index < -0.39 is 0 Å². The van der Waals surface area contributed by atoms with Crippen molar-refractivity contribution in [2.24, 2.45) is 5.41 Å². The molecule has 0 aromatic rings. The van der Waals surface area contributed by atoms with Crippen LogP contribution in [0.15, 0.2) is 0 Å². The number of hydrogen-bond acceptors (Lipinski definition) is 3. The Bertz CT molecular complexity index is 256. The first-order chi connectivity index (χ1) is 8.65. The van der Waals surface area contributed by atoms with Crippen LogP contribution < -0.4 is 0 Å². The van der Waals surface area contributed by atoms with E-state index in [4.69, 9.17) is 4.74 Å². The van der Waals surface area contributed by atoms with Gasteiger partial charge in [-0.15, -0.1) is 0 Å². The van der Waals surface area contributed by atoms with Crippen molar-refractivity contribution in [1.82, 2.24) is 9.80 Å². The van der Waals surface area contributed by atoms with Crippen LogP contribution in [0.2, 0.25) is 0 Å². The molecule has 1 unspecified atom stereocenters. The lowest BCUT2D eigenvalue weighted by Gasteiger charge is -2.43. The highest BCUT2D eigenvalue weighted by Crippen LogP contribution is 2.34. The number of ether oxygens (including phenoxy) is 1. The molecule has 0 aromatic heterocycles. The van der Waals surface area contributed by atoms with Gasteiger partial charge in [0.1, 0.15) is 0 Å². The molecule has 4 heteroatoms. The first-order valence-corrected chi connectivity index (χ1v) is 8.30. The molecule has 1 atom stereocenters. The van der Waals surface area contributed by atoms with Gasteiger partial charge in [-0.1, -0.05) is 15.9 Å². The highest BCUT2D eigenvalue weighted by Gasteiger charge is 2.34. The van der Waals surface area contributed by atoms with E-state index in [1.165, 1.54) is 45.3 Å². The molecule has 3 nitrogen and oxygen atoms in total. The summed E-state index contributed by atoms with van der Waals surface area (Å²) in [6, 6.07) is 0.738. The quantitative estimate of drug-likeness (QED) is 0.739. The Labute approximate surface area is 120 Å². The largest absolute Gasteiger partial charge is 0.381 e. The minimum atomic E-state index is 0.434. The van der Waals surface area contributed by atoms with Gasteiger partial charge >= 0.3 is 0 Å². The maximum Gasteiger partial charge on any atom is 0.0472 e. The predicted molar refractivity (Wildman–Crippen MR) is 79.4 cm³/mol. The second-order valence-corrected chi connectivity index (χ2v) is 6.78. The fourth-order valence-electron chi connectivity index (χ4n) is 3.30. The third-order valence-corrected chi connectivity index (χ3v) is 5.83. The van der Waals surface area contributed by atoms with Crippen LogP contribution in [0.1, 0.15) is 25.7 Å². The van der Waals surface area contributed by atoms with Gasteiger partial charge in [-0.05, 0) is 51.7 Å². The van der Waals surface area contributed by atoms with Crippen molar-refractivity contribution in [3.8, 4) is 0 Å². The van der Waals surface area contributed by atoms with Crippen LogP contribution in [0.4, 0.5) is 0 Å². The molecule has 2 heterocycles. The molecule has 0 aliphatic carbocycles. The van der Waals surface area contributed by atoms with Crippen molar-refractivity contribution < 1.29 is 4.74 Å². The lowest BCUT2D eigenvalue weighted by Crippen LogP contribution is -2.50. The first-order valence-electron chi connectivity index (χ1n) is 7.18. The van der Waals surface area contributed by atoms with Crippen LogP contribution in [-0.2, 0) is 4.74 Å². The molecule has 2 aliphatic rings. The summed E-state index contributed by atoms with van der Waals surface area (Å²) >= 11 is 3.74. The minimum absolute atomic E-state index is 0.434. The lowest BCUT2D eigenvalue weighted by atomic mass is 9.81. The molecule has 0 amide bonds.